The Balaban J connectivity index is 1.97. The van der Waals surface area contributed by atoms with E-state index >= 15 is 0 Å². The number of ether oxygens (including phenoxy) is 1. The Morgan fingerprint density at radius 1 is 1.67 bits per heavy atom. The van der Waals surface area contributed by atoms with Crippen molar-refractivity contribution in [2.75, 3.05) is 13.1 Å². The van der Waals surface area contributed by atoms with Crippen molar-refractivity contribution >= 4 is 0 Å². The lowest BCUT2D eigenvalue weighted by Gasteiger charge is -2.37. The molecule has 0 aromatic heterocycles. The standard InChI is InChI=1S/C6H11NO2/c1-6(2-7-3-6)4-5(8)9-4/h4-5,7-8H,2-3H2,1H3. The monoisotopic (exact) mass is 129 g/mol. The maximum Gasteiger partial charge on any atom is 0.182 e. The first-order valence-electron chi connectivity index (χ1n) is 3.27. The molecule has 2 saturated heterocycles. The molecule has 2 aliphatic rings. The summed E-state index contributed by atoms with van der Waals surface area (Å²) >= 11 is 0. The molecule has 3 heteroatoms. The average Bonchev–Trinajstić information content (AvgIpc) is 2.40. The summed E-state index contributed by atoms with van der Waals surface area (Å²) in [7, 11) is 0. The summed E-state index contributed by atoms with van der Waals surface area (Å²) in [5, 5.41) is 12.0. The third kappa shape index (κ3) is 0.689. The molecule has 3 nitrogen and oxygen atoms in total. The van der Waals surface area contributed by atoms with Crippen molar-refractivity contribution in [2.45, 2.75) is 19.3 Å². The zero-order valence-electron chi connectivity index (χ0n) is 5.42. The summed E-state index contributed by atoms with van der Waals surface area (Å²) in [6.45, 7) is 4.09. The van der Waals surface area contributed by atoms with Crippen molar-refractivity contribution in [2.24, 2.45) is 5.41 Å². The topological polar surface area (TPSA) is 44.8 Å². The number of epoxide rings is 1. The number of hydrogen-bond donors (Lipinski definition) is 2. The van der Waals surface area contributed by atoms with Crippen LogP contribution in [-0.4, -0.2) is 30.6 Å². The Labute approximate surface area is 54.0 Å². The smallest absolute Gasteiger partial charge is 0.182 e. The molecule has 2 atom stereocenters. The first-order valence-corrected chi connectivity index (χ1v) is 3.27. The second kappa shape index (κ2) is 1.48. The third-order valence-electron chi connectivity index (χ3n) is 2.21. The van der Waals surface area contributed by atoms with Gasteiger partial charge in [-0.3, -0.25) is 0 Å². The van der Waals surface area contributed by atoms with Gasteiger partial charge in [-0.2, -0.15) is 0 Å². The number of rotatable bonds is 1. The van der Waals surface area contributed by atoms with Crippen LogP contribution in [0.5, 0.6) is 0 Å². The van der Waals surface area contributed by atoms with E-state index in [9.17, 15) is 0 Å². The summed E-state index contributed by atoms with van der Waals surface area (Å²) in [4.78, 5) is 0. The van der Waals surface area contributed by atoms with Crippen molar-refractivity contribution in [3.05, 3.63) is 0 Å². The zero-order chi connectivity index (χ0) is 6.48. The first kappa shape index (κ1) is 5.65. The second-order valence-electron chi connectivity index (χ2n) is 3.20. The molecule has 2 fully saturated rings. The minimum atomic E-state index is -0.475. The van der Waals surface area contributed by atoms with Crippen LogP contribution in [-0.2, 0) is 4.74 Å². The van der Waals surface area contributed by atoms with Crippen LogP contribution in [0.25, 0.3) is 0 Å². The predicted molar refractivity (Wildman–Crippen MR) is 31.9 cm³/mol. The van der Waals surface area contributed by atoms with Gasteiger partial charge >= 0.3 is 0 Å². The van der Waals surface area contributed by atoms with Gasteiger partial charge in [-0.1, -0.05) is 6.92 Å². The van der Waals surface area contributed by atoms with Gasteiger partial charge in [0.1, 0.15) is 6.10 Å². The Kier molecular flexibility index (Phi) is 0.928. The third-order valence-corrected chi connectivity index (χ3v) is 2.21. The Bertz CT molecular complexity index is 133. The van der Waals surface area contributed by atoms with Gasteiger partial charge in [0.05, 0.1) is 0 Å². The van der Waals surface area contributed by atoms with E-state index in [1.165, 1.54) is 0 Å². The van der Waals surface area contributed by atoms with Gasteiger partial charge in [0.2, 0.25) is 0 Å². The molecule has 9 heavy (non-hydrogen) atoms. The van der Waals surface area contributed by atoms with Gasteiger partial charge in [-0.15, -0.1) is 0 Å². The molecule has 2 aliphatic heterocycles. The molecule has 2 rings (SSSR count). The number of nitrogens with one attached hydrogen (secondary N) is 1. The first-order chi connectivity index (χ1) is 4.22. The average molecular weight is 129 g/mol. The predicted octanol–water partition coefficient (Wildman–Crippen LogP) is -0.687. The minimum absolute atomic E-state index is 0.110. The van der Waals surface area contributed by atoms with Gasteiger partial charge in [0.15, 0.2) is 6.29 Å². The molecule has 0 saturated carbocycles. The largest absolute Gasteiger partial charge is 0.366 e. The minimum Gasteiger partial charge on any atom is -0.366 e. The number of hydrogen-bond acceptors (Lipinski definition) is 3. The summed E-state index contributed by atoms with van der Waals surface area (Å²) in [6, 6.07) is 0. The van der Waals surface area contributed by atoms with Crippen LogP contribution in [0.1, 0.15) is 6.92 Å². The molecule has 2 unspecified atom stereocenters. The Morgan fingerprint density at radius 2 is 2.22 bits per heavy atom. The molecule has 0 spiro atoms. The van der Waals surface area contributed by atoms with E-state index in [1.54, 1.807) is 0 Å². The van der Waals surface area contributed by atoms with E-state index < -0.39 is 6.29 Å². The van der Waals surface area contributed by atoms with E-state index in [0.29, 0.717) is 0 Å². The van der Waals surface area contributed by atoms with Gasteiger partial charge < -0.3 is 15.2 Å². The van der Waals surface area contributed by atoms with Crippen molar-refractivity contribution in [3.8, 4) is 0 Å². The summed E-state index contributed by atoms with van der Waals surface area (Å²) < 4.78 is 4.94. The lowest BCUT2D eigenvalue weighted by molar-refractivity contribution is 0.134. The fraction of sp³-hybridized carbons (Fsp3) is 1.00. The highest BCUT2D eigenvalue weighted by atomic mass is 16.7. The highest BCUT2D eigenvalue weighted by Gasteiger charge is 2.54. The van der Waals surface area contributed by atoms with E-state index in [2.05, 4.69) is 12.2 Å². The van der Waals surface area contributed by atoms with Crippen LogP contribution in [0.2, 0.25) is 0 Å². The van der Waals surface area contributed by atoms with Crippen molar-refractivity contribution in [1.82, 2.24) is 5.32 Å². The molecular weight excluding hydrogens is 118 g/mol. The molecule has 2 heterocycles. The van der Waals surface area contributed by atoms with Crippen molar-refractivity contribution in [3.63, 3.8) is 0 Å². The van der Waals surface area contributed by atoms with Gasteiger partial charge in [0, 0.05) is 18.5 Å². The molecule has 0 aromatic rings. The van der Waals surface area contributed by atoms with Gasteiger partial charge in [0.25, 0.3) is 0 Å². The Hall–Kier alpha value is -0.120. The molecule has 0 radical (unpaired) electrons. The molecule has 0 aromatic carbocycles. The van der Waals surface area contributed by atoms with Crippen LogP contribution < -0.4 is 5.32 Å². The van der Waals surface area contributed by atoms with E-state index in [0.717, 1.165) is 13.1 Å². The number of aliphatic hydroxyl groups excluding tert-OH is 1. The van der Waals surface area contributed by atoms with Gasteiger partial charge in [-0.25, -0.2) is 0 Å². The highest BCUT2D eigenvalue weighted by molar-refractivity contribution is 5.01. The SMILES string of the molecule is CC1(C2OC2O)CNC1. The Morgan fingerprint density at radius 3 is 2.33 bits per heavy atom. The molecule has 0 bridgehead atoms. The summed E-state index contributed by atoms with van der Waals surface area (Å²) in [6.07, 6.45) is -0.365. The van der Waals surface area contributed by atoms with Crippen LogP contribution in [0.15, 0.2) is 0 Å². The maximum atomic E-state index is 8.88. The van der Waals surface area contributed by atoms with Crippen molar-refractivity contribution in [1.29, 1.82) is 0 Å². The quantitative estimate of drug-likeness (QED) is 0.461. The highest BCUT2D eigenvalue weighted by Crippen LogP contribution is 2.39. The van der Waals surface area contributed by atoms with Crippen LogP contribution in [0.3, 0.4) is 0 Å². The van der Waals surface area contributed by atoms with Crippen molar-refractivity contribution < 1.29 is 9.84 Å². The second-order valence-corrected chi connectivity index (χ2v) is 3.20. The fourth-order valence-corrected chi connectivity index (χ4v) is 1.33. The maximum absolute atomic E-state index is 8.88. The van der Waals surface area contributed by atoms with E-state index in [1.807, 2.05) is 0 Å². The summed E-state index contributed by atoms with van der Waals surface area (Å²) in [5.74, 6) is 0. The summed E-state index contributed by atoms with van der Waals surface area (Å²) in [5.41, 5.74) is 0.222. The van der Waals surface area contributed by atoms with Crippen LogP contribution in [0, 0.1) is 5.41 Å². The molecule has 0 amide bonds. The number of aliphatic hydroxyl groups is 1. The van der Waals surface area contributed by atoms with Crippen LogP contribution >= 0.6 is 0 Å². The lowest BCUT2D eigenvalue weighted by atomic mass is 9.81. The molecule has 2 N–H and O–H groups in total. The molecule has 0 aliphatic carbocycles. The normalized spacial score (nSPS) is 46.0. The van der Waals surface area contributed by atoms with Gasteiger partial charge in [-0.05, 0) is 0 Å². The molecular formula is C6H11NO2. The lowest BCUT2D eigenvalue weighted by Crippen LogP contribution is -2.55. The fourth-order valence-electron chi connectivity index (χ4n) is 1.33. The molecule has 52 valence electrons. The van der Waals surface area contributed by atoms with Crippen LogP contribution in [0.4, 0.5) is 0 Å². The van der Waals surface area contributed by atoms with E-state index in [4.69, 9.17) is 9.84 Å². The van der Waals surface area contributed by atoms with E-state index in [-0.39, 0.29) is 11.5 Å². The zero-order valence-corrected chi connectivity index (χ0v) is 5.42.